The molecule has 7 heteroatoms. The Bertz CT molecular complexity index is 1020. The van der Waals surface area contributed by atoms with Crippen LogP contribution in [-0.4, -0.2) is 44.2 Å². The normalized spacial score (nSPS) is 16.0. The van der Waals surface area contributed by atoms with Crippen LogP contribution in [0.4, 0.5) is 0 Å². The highest BCUT2D eigenvalue weighted by molar-refractivity contribution is 5.56. The number of hydrogen-bond donors (Lipinski definition) is 1. The van der Waals surface area contributed by atoms with Gasteiger partial charge in [0.1, 0.15) is 17.2 Å². The fraction of sp³-hybridized carbons (Fsp3) is 0.657. The lowest BCUT2D eigenvalue weighted by molar-refractivity contribution is 0.0192. The van der Waals surface area contributed by atoms with Crippen LogP contribution in [0.25, 0.3) is 0 Å². The van der Waals surface area contributed by atoms with E-state index in [1.165, 1.54) is 0 Å². The summed E-state index contributed by atoms with van der Waals surface area (Å²) in [6.07, 6.45) is 8.93. The fourth-order valence-electron chi connectivity index (χ4n) is 4.69. The van der Waals surface area contributed by atoms with E-state index in [0.717, 1.165) is 86.8 Å². The van der Waals surface area contributed by atoms with Crippen LogP contribution in [0.15, 0.2) is 24.3 Å². The van der Waals surface area contributed by atoms with Crippen molar-refractivity contribution in [3.63, 3.8) is 0 Å². The van der Waals surface area contributed by atoms with Gasteiger partial charge in [0, 0.05) is 29.7 Å². The number of fused-ring (bicyclic) bond motifs is 1. The van der Waals surface area contributed by atoms with Crippen LogP contribution in [0.5, 0.6) is 34.5 Å². The van der Waals surface area contributed by atoms with E-state index in [-0.39, 0.29) is 0 Å². The second kappa shape index (κ2) is 18.7. The first kappa shape index (κ1) is 33.7. The minimum Gasteiger partial charge on any atom is -0.493 e. The Labute approximate surface area is 253 Å². The topological polar surface area (TPSA) is 75.6 Å². The first-order valence-corrected chi connectivity index (χ1v) is 16.4. The zero-order valence-corrected chi connectivity index (χ0v) is 26.7. The van der Waals surface area contributed by atoms with Crippen molar-refractivity contribution in [1.29, 1.82) is 0 Å². The smallest absolute Gasteiger partial charge is 0.203 e. The monoisotopic (exact) mass is 586 g/mol. The summed E-state index contributed by atoms with van der Waals surface area (Å²) in [5, 5.41) is 11.4. The third-order valence-electron chi connectivity index (χ3n) is 7.31. The maximum atomic E-state index is 11.4. The van der Waals surface area contributed by atoms with Crippen molar-refractivity contribution in [2.24, 2.45) is 0 Å². The van der Waals surface area contributed by atoms with E-state index < -0.39 is 12.2 Å². The SMILES string of the molecule is CCCCOc1cc(OCCCC)c2c(c1)OC(c1cc(OCCCC)c(OCCCC)c(OCCCC)c1)C(O)C2. The number of unbranched alkanes of at least 4 members (excludes halogenated alkanes) is 5. The predicted molar refractivity (Wildman–Crippen MR) is 168 cm³/mol. The summed E-state index contributed by atoms with van der Waals surface area (Å²) in [6, 6.07) is 7.75. The highest BCUT2D eigenvalue weighted by atomic mass is 16.5. The summed E-state index contributed by atoms with van der Waals surface area (Å²) >= 11 is 0. The van der Waals surface area contributed by atoms with Crippen molar-refractivity contribution in [3.05, 3.63) is 35.4 Å². The Hall–Kier alpha value is -2.80. The van der Waals surface area contributed by atoms with E-state index in [4.69, 9.17) is 28.4 Å². The van der Waals surface area contributed by atoms with Crippen LogP contribution in [-0.2, 0) is 6.42 Å². The zero-order chi connectivity index (χ0) is 30.2. The lowest BCUT2D eigenvalue weighted by Crippen LogP contribution is -2.31. The molecule has 2 aromatic rings. The van der Waals surface area contributed by atoms with E-state index in [9.17, 15) is 5.11 Å². The number of rotatable bonds is 21. The molecule has 0 saturated heterocycles. The van der Waals surface area contributed by atoms with Gasteiger partial charge in [-0.2, -0.15) is 0 Å². The lowest BCUT2D eigenvalue weighted by Gasteiger charge is -2.33. The van der Waals surface area contributed by atoms with E-state index in [1.54, 1.807) is 0 Å². The van der Waals surface area contributed by atoms with Gasteiger partial charge in [-0.25, -0.2) is 0 Å². The van der Waals surface area contributed by atoms with Gasteiger partial charge in [0.25, 0.3) is 0 Å². The van der Waals surface area contributed by atoms with Crippen molar-refractivity contribution < 1.29 is 33.5 Å². The third-order valence-corrected chi connectivity index (χ3v) is 7.31. The highest BCUT2D eigenvalue weighted by Gasteiger charge is 2.34. The van der Waals surface area contributed by atoms with Gasteiger partial charge in [-0.3, -0.25) is 0 Å². The molecule has 1 heterocycles. The standard InChI is InChI=1S/C35H54O7/c1-6-11-16-37-27-23-30(38-17-12-7-2)28-25-29(36)34(42-31(28)24-27)26-21-32(39-18-13-8-3)35(41-20-15-10-5)33(22-26)40-19-14-9-4/h21-24,29,34,36H,6-20,25H2,1-5H3. The van der Waals surface area contributed by atoms with Gasteiger partial charge in [-0.1, -0.05) is 66.7 Å². The molecule has 42 heavy (non-hydrogen) atoms. The summed E-state index contributed by atoms with van der Waals surface area (Å²) in [7, 11) is 0. The third kappa shape index (κ3) is 9.89. The van der Waals surface area contributed by atoms with Gasteiger partial charge >= 0.3 is 0 Å². The minimum absolute atomic E-state index is 0.406. The largest absolute Gasteiger partial charge is 0.493 e. The number of hydrogen-bond acceptors (Lipinski definition) is 7. The maximum absolute atomic E-state index is 11.4. The summed E-state index contributed by atoms with van der Waals surface area (Å²) in [6.45, 7) is 13.7. The molecule has 0 aromatic heterocycles. The molecule has 0 bridgehead atoms. The summed E-state index contributed by atoms with van der Waals surface area (Å²) in [4.78, 5) is 0. The van der Waals surface area contributed by atoms with Crippen molar-refractivity contribution >= 4 is 0 Å². The minimum atomic E-state index is -0.781. The van der Waals surface area contributed by atoms with Gasteiger partial charge in [-0.05, 0) is 44.2 Å². The zero-order valence-electron chi connectivity index (χ0n) is 26.7. The molecule has 3 rings (SSSR count). The average Bonchev–Trinajstić information content (AvgIpc) is 2.98. The molecule has 1 aliphatic heterocycles. The van der Waals surface area contributed by atoms with E-state index >= 15 is 0 Å². The molecule has 2 aromatic carbocycles. The lowest BCUT2D eigenvalue weighted by atomic mass is 9.93. The Balaban J connectivity index is 1.99. The molecule has 1 N–H and O–H groups in total. The Morgan fingerprint density at radius 3 is 1.62 bits per heavy atom. The molecular formula is C35H54O7. The molecule has 1 aliphatic rings. The quantitative estimate of drug-likeness (QED) is 0.147. The summed E-state index contributed by atoms with van der Waals surface area (Å²) in [5.74, 6) is 4.00. The maximum Gasteiger partial charge on any atom is 0.203 e. The average molecular weight is 587 g/mol. The Morgan fingerprint density at radius 1 is 0.619 bits per heavy atom. The van der Waals surface area contributed by atoms with Gasteiger partial charge in [0.2, 0.25) is 5.75 Å². The van der Waals surface area contributed by atoms with Crippen LogP contribution < -0.4 is 28.4 Å². The molecule has 0 fully saturated rings. The van der Waals surface area contributed by atoms with Gasteiger partial charge in [0.05, 0.1) is 39.1 Å². The molecule has 236 valence electrons. The number of ether oxygens (including phenoxy) is 6. The fourth-order valence-corrected chi connectivity index (χ4v) is 4.69. The number of benzene rings is 2. The molecule has 0 amide bonds. The van der Waals surface area contributed by atoms with Gasteiger partial charge in [-0.15, -0.1) is 0 Å². The number of aliphatic hydroxyl groups is 1. The molecule has 7 nitrogen and oxygen atoms in total. The van der Waals surface area contributed by atoms with Crippen LogP contribution in [0, 0.1) is 0 Å². The molecule has 0 aliphatic carbocycles. The van der Waals surface area contributed by atoms with E-state index in [1.807, 2.05) is 24.3 Å². The second-order valence-corrected chi connectivity index (χ2v) is 11.1. The van der Waals surface area contributed by atoms with Gasteiger partial charge < -0.3 is 33.5 Å². The van der Waals surface area contributed by atoms with Crippen LogP contribution in [0.3, 0.4) is 0 Å². The first-order valence-electron chi connectivity index (χ1n) is 16.4. The van der Waals surface area contributed by atoms with Crippen molar-refractivity contribution in [2.45, 2.75) is 117 Å². The van der Waals surface area contributed by atoms with Crippen molar-refractivity contribution in [1.82, 2.24) is 0 Å². The van der Waals surface area contributed by atoms with Gasteiger partial charge in [0.15, 0.2) is 17.6 Å². The molecule has 0 saturated carbocycles. The summed E-state index contributed by atoms with van der Waals surface area (Å²) < 4.78 is 37.5. The molecule has 2 unspecified atom stereocenters. The summed E-state index contributed by atoms with van der Waals surface area (Å²) in [5.41, 5.74) is 1.66. The highest BCUT2D eigenvalue weighted by Crippen LogP contribution is 2.46. The Morgan fingerprint density at radius 2 is 1.10 bits per heavy atom. The van der Waals surface area contributed by atoms with E-state index in [0.29, 0.717) is 62.5 Å². The van der Waals surface area contributed by atoms with Crippen molar-refractivity contribution in [2.75, 3.05) is 33.0 Å². The van der Waals surface area contributed by atoms with Crippen molar-refractivity contribution in [3.8, 4) is 34.5 Å². The number of aliphatic hydroxyl groups excluding tert-OH is 1. The van der Waals surface area contributed by atoms with Crippen LogP contribution in [0.1, 0.15) is 116 Å². The Kier molecular flexibility index (Phi) is 15.0. The molecule has 2 atom stereocenters. The van der Waals surface area contributed by atoms with Crippen LogP contribution in [0.2, 0.25) is 0 Å². The molecule has 0 radical (unpaired) electrons. The molecular weight excluding hydrogens is 532 g/mol. The molecule has 0 spiro atoms. The second-order valence-electron chi connectivity index (χ2n) is 11.1. The van der Waals surface area contributed by atoms with E-state index in [2.05, 4.69) is 34.6 Å². The van der Waals surface area contributed by atoms with Crippen LogP contribution >= 0.6 is 0 Å². The predicted octanol–water partition coefficient (Wildman–Crippen LogP) is 8.62. The first-order chi connectivity index (χ1) is 20.6.